The van der Waals surface area contributed by atoms with Crippen molar-refractivity contribution in [1.82, 2.24) is 9.78 Å². The van der Waals surface area contributed by atoms with Crippen molar-refractivity contribution in [2.75, 3.05) is 4.90 Å². The minimum Gasteiger partial charge on any atom is -0.307 e. The van der Waals surface area contributed by atoms with E-state index in [1.54, 1.807) is 25.1 Å². The molecular weight excluding hydrogens is 464 g/mol. The molecule has 2 aliphatic heterocycles. The van der Waals surface area contributed by atoms with Crippen molar-refractivity contribution in [2.45, 2.75) is 24.0 Å². The second-order valence-electron chi connectivity index (χ2n) is 8.01. The molecule has 170 valence electrons. The molecule has 4 nitrogen and oxygen atoms in total. The maximum atomic E-state index is 15.1. The Balaban J connectivity index is 1.65. The molecule has 0 fully saturated rings. The first-order valence-electron chi connectivity index (χ1n) is 10.5. The largest absolute Gasteiger partial charge is 0.418 e. The molecule has 0 saturated carbocycles. The second kappa shape index (κ2) is 7.46. The van der Waals surface area contributed by atoms with Gasteiger partial charge in [-0.25, -0.2) is 14.1 Å². The highest BCUT2D eigenvalue weighted by atomic mass is 32.2. The molecule has 0 aliphatic carbocycles. The summed E-state index contributed by atoms with van der Waals surface area (Å²) in [5.41, 5.74) is 1.39. The number of fused-ring (bicyclic) bond motifs is 4. The summed E-state index contributed by atoms with van der Waals surface area (Å²) < 4.78 is 57.8. The maximum absolute atomic E-state index is 15.1. The number of halogens is 4. The zero-order chi connectivity index (χ0) is 23.6. The molecule has 2 aliphatic rings. The Kier molecular flexibility index (Phi) is 4.60. The fourth-order valence-electron chi connectivity index (χ4n) is 4.55. The van der Waals surface area contributed by atoms with E-state index in [0.29, 0.717) is 22.0 Å². The van der Waals surface area contributed by atoms with E-state index in [4.69, 9.17) is 4.99 Å². The molecule has 3 aromatic carbocycles. The van der Waals surface area contributed by atoms with E-state index in [9.17, 15) is 13.2 Å². The minimum absolute atomic E-state index is 0.120. The average molecular weight is 480 g/mol. The highest BCUT2D eigenvalue weighted by Crippen LogP contribution is 2.53. The Morgan fingerprint density at radius 1 is 0.882 bits per heavy atom. The van der Waals surface area contributed by atoms with Gasteiger partial charge in [0.2, 0.25) is 0 Å². The Labute approximate surface area is 196 Å². The number of hydrogen-bond acceptors (Lipinski definition) is 4. The summed E-state index contributed by atoms with van der Waals surface area (Å²) in [6.07, 6.45) is -4.57. The van der Waals surface area contributed by atoms with E-state index in [1.807, 2.05) is 29.2 Å². The molecule has 0 saturated heterocycles. The number of hydrogen-bond donors (Lipinski definition) is 0. The van der Waals surface area contributed by atoms with E-state index in [2.05, 4.69) is 5.10 Å². The van der Waals surface area contributed by atoms with Crippen molar-refractivity contribution < 1.29 is 17.6 Å². The van der Waals surface area contributed by atoms with Gasteiger partial charge >= 0.3 is 6.18 Å². The number of anilines is 1. The van der Waals surface area contributed by atoms with E-state index in [-0.39, 0.29) is 11.5 Å². The minimum atomic E-state index is -4.57. The smallest absolute Gasteiger partial charge is 0.307 e. The van der Waals surface area contributed by atoms with Crippen LogP contribution in [0.2, 0.25) is 0 Å². The Bertz CT molecular complexity index is 1470. The molecule has 0 spiro atoms. The van der Waals surface area contributed by atoms with E-state index >= 15 is 4.39 Å². The van der Waals surface area contributed by atoms with Gasteiger partial charge in [0, 0.05) is 16.0 Å². The van der Waals surface area contributed by atoms with Crippen molar-refractivity contribution in [3.8, 4) is 5.69 Å². The average Bonchev–Trinajstić information content (AvgIpc) is 3.35. The molecular formula is C25H16F4N4S. The zero-order valence-corrected chi connectivity index (χ0v) is 18.5. The van der Waals surface area contributed by atoms with E-state index in [1.165, 1.54) is 40.7 Å². The first-order valence-corrected chi connectivity index (χ1v) is 11.3. The molecule has 0 radical (unpaired) electrons. The predicted octanol–water partition coefficient (Wildman–Crippen LogP) is 7.04. The SMILES string of the molecule is Cc1nn(-c2ccccc2C(F)(F)F)c2c1[C@H](c1ccccc1F)N1C(=N2)Sc2ccccc21. The summed E-state index contributed by atoms with van der Waals surface area (Å²) in [4.78, 5) is 7.65. The Morgan fingerprint density at radius 2 is 1.56 bits per heavy atom. The van der Waals surface area contributed by atoms with Gasteiger partial charge in [-0.3, -0.25) is 0 Å². The molecule has 1 atom stereocenters. The van der Waals surface area contributed by atoms with Crippen molar-refractivity contribution in [2.24, 2.45) is 4.99 Å². The van der Waals surface area contributed by atoms with E-state index < -0.39 is 23.6 Å². The number of rotatable bonds is 2. The monoisotopic (exact) mass is 480 g/mol. The fraction of sp³-hybridized carbons (Fsp3) is 0.120. The number of amidine groups is 1. The van der Waals surface area contributed by atoms with Gasteiger partial charge in [0.25, 0.3) is 0 Å². The lowest BCUT2D eigenvalue weighted by Gasteiger charge is -2.33. The van der Waals surface area contributed by atoms with Crippen molar-refractivity contribution in [3.05, 3.63) is 101 Å². The van der Waals surface area contributed by atoms with Crippen LogP contribution < -0.4 is 4.90 Å². The molecule has 0 N–H and O–H groups in total. The molecule has 3 heterocycles. The highest BCUT2D eigenvalue weighted by molar-refractivity contribution is 8.14. The summed E-state index contributed by atoms with van der Waals surface area (Å²) in [6, 6.07) is 18.8. The quantitative estimate of drug-likeness (QED) is 0.289. The number of para-hydroxylation sites is 2. The topological polar surface area (TPSA) is 33.4 Å². The molecule has 6 rings (SSSR count). The lowest BCUT2D eigenvalue weighted by atomic mass is 9.95. The van der Waals surface area contributed by atoms with Crippen molar-refractivity contribution in [1.29, 1.82) is 0 Å². The Hall–Kier alpha value is -3.59. The summed E-state index contributed by atoms with van der Waals surface area (Å²) in [5, 5.41) is 5.04. The number of aromatic nitrogens is 2. The molecule has 0 amide bonds. The lowest BCUT2D eigenvalue weighted by molar-refractivity contribution is -0.137. The number of nitrogens with zero attached hydrogens (tertiary/aromatic N) is 4. The number of aliphatic imine (C=N–C) groups is 1. The van der Waals surface area contributed by atoms with Crippen LogP contribution in [-0.4, -0.2) is 14.9 Å². The number of aryl methyl sites for hydroxylation is 1. The third kappa shape index (κ3) is 3.07. The first kappa shape index (κ1) is 21.0. The summed E-state index contributed by atoms with van der Waals surface area (Å²) in [7, 11) is 0. The van der Waals surface area contributed by atoms with Crippen LogP contribution in [0.4, 0.5) is 29.1 Å². The number of thioether (sulfide) groups is 1. The molecule has 1 aromatic heterocycles. The summed E-state index contributed by atoms with van der Waals surface area (Å²) in [6.45, 7) is 1.72. The van der Waals surface area contributed by atoms with Gasteiger partial charge in [-0.2, -0.15) is 18.3 Å². The van der Waals surface area contributed by atoms with Crippen LogP contribution in [0, 0.1) is 12.7 Å². The van der Waals surface area contributed by atoms with Crippen LogP contribution in [0.1, 0.15) is 28.4 Å². The van der Waals surface area contributed by atoms with Crippen LogP contribution in [0.25, 0.3) is 5.69 Å². The first-order chi connectivity index (χ1) is 16.3. The molecule has 9 heteroatoms. The van der Waals surface area contributed by atoms with Crippen LogP contribution in [0.3, 0.4) is 0 Å². The van der Waals surface area contributed by atoms with Gasteiger partial charge in [0.05, 0.1) is 28.7 Å². The number of benzene rings is 3. The summed E-state index contributed by atoms with van der Waals surface area (Å²) >= 11 is 1.40. The van der Waals surface area contributed by atoms with Crippen LogP contribution in [0.15, 0.2) is 82.7 Å². The molecule has 4 aromatic rings. The van der Waals surface area contributed by atoms with Gasteiger partial charge in [-0.1, -0.05) is 42.5 Å². The highest BCUT2D eigenvalue weighted by Gasteiger charge is 2.43. The maximum Gasteiger partial charge on any atom is 0.418 e. The summed E-state index contributed by atoms with van der Waals surface area (Å²) in [5.74, 6) is -0.133. The van der Waals surface area contributed by atoms with Gasteiger partial charge in [-0.15, -0.1) is 0 Å². The lowest BCUT2D eigenvalue weighted by Crippen LogP contribution is -2.34. The van der Waals surface area contributed by atoms with Crippen molar-refractivity contribution in [3.63, 3.8) is 0 Å². The zero-order valence-electron chi connectivity index (χ0n) is 17.7. The van der Waals surface area contributed by atoms with Gasteiger partial charge in [-0.05, 0) is 49.0 Å². The second-order valence-corrected chi connectivity index (χ2v) is 9.02. The van der Waals surface area contributed by atoms with Gasteiger partial charge in [0.1, 0.15) is 5.82 Å². The predicted molar refractivity (Wildman–Crippen MR) is 123 cm³/mol. The van der Waals surface area contributed by atoms with Crippen molar-refractivity contribution >= 4 is 28.4 Å². The normalized spacial score (nSPS) is 16.7. The van der Waals surface area contributed by atoms with E-state index in [0.717, 1.165) is 16.6 Å². The number of alkyl halides is 3. The molecule has 0 bridgehead atoms. The fourth-order valence-corrected chi connectivity index (χ4v) is 5.60. The third-order valence-corrected chi connectivity index (χ3v) is 7.02. The van der Waals surface area contributed by atoms with Crippen LogP contribution in [0.5, 0.6) is 0 Å². The Morgan fingerprint density at radius 3 is 2.32 bits per heavy atom. The standard InChI is InChI=1S/C25H16F4N4S/c1-14-21-22(15-8-2-4-10-17(15)26)32-19-12-6-7-13-20(19)34-24(32)30-23(21)33(31-14)18-11-5-3-9-16(18)25(27,28)29/h2-13,22H,1H3/t22-/m0/s1. The molecule has 0 unspecified atom stereocenters. The molecule has 34 heavy (non-hydrogen) atoms. The van der Waals surface area contributed by atoms with Crippen LogP contribution in [-0.2, 0) is 6.18 Å². The van der Waals surface area contributed by atoms with Gasteiger partial charge in [0.15, 0.2) is 11.0 Å². The third-order valence-electron chi connectivity index (χ3n) is 5.98. The van der Waals surface area contributed by atoms with Crippen LogP contribution >= 0.6 is 11.8 Å². The van der Waals surface area contributed by atoms with Gasteiger partial charge < -0.3 is 4.90 Å².